The van der Waals surface area contributed by atoms with Crippen molar-refractivity contribution in [2.24, 2.45) is 10.8 Å². The van der Waals surface area contributed by atoms with E-state index in [2.05, 4.69) is 5.87 Å². The van der Waals surface area contributed by atoms with Gasteiger partial charge in [-0.05, 0) is 5.87 Å². The molecule has 0 aromatic heterocycles. The lowest BCUT2D eigenvalue weighted by Gasteiger charge is -2.23. The van der Waals surface area contributed by atoms with Crippen molar-refractivity contribution in [3.63, 3.8) is 0 Å². The van der Waals surface area contributed by atoms with Gasteiger partial charge in [-0.25, -0.2) is 0 Å². The van der Waals surface area contributed by atoms with Gasteiger partial charge in [0.1, 0.15) is 0 Å². The summed E-state index contributed by atoms with van der Waals surface area (Å²) in [4.78, 5) is 23.6. The number of hydrogen-bond acceptors (Lipinski definition) is 3. The molecule has 0 unspecified atom stereocenters. The fourth-order valence-electron chi connectivity index (χ4n) is 1.07. The van der Waals surface area contributed by atoms with Crippen LogP contribution in [0.1, 0.15) is 41.5 Å². The summed E-state index contributed by atoms with van der Waals surface area (Å²) in [6.45, 7) is 9.81. The molecule has 0 amide bonds. The van der Waals surface area contributed by atoms with Crippen molar-refractivity contribution >= 4 is 25.6 Å². The average Bonchev–Trinajstić information content (AvgIpc) is 1.98. The van der Waals surface area contributed by atoms with Gasteiger partial charge in [-0.3, -0.25) is 13.8 Å². The molecule has 15 heavy (non-hydrogen) atoms. The average molecular weight is 232 g/mol. The van der Waals surface area contributed by atoms with Gasteiger partial charge in [-0.15, -0.1) is 0 Å². The maximum atomic E-state index is 12.1. The van der Waals surface area contributed by atoms with Gasteiger partial charge in [0.15, 0.2) is 0 Å². The molecule has 4 heteroatoms. The van der Waals surface area contributed by atoms with Gasteiger partial charge in [-0.1, -0.05) is 41.5 Å². The van der Waals surface area contributed by atoms with E-state index in [1.165, 1.54) is 0 Å². The van der Waals surface area contributed by atoms with E-state index in [-0.39, 0.29) is 0 Å². The maximum absolute atomic E-state index is 12.1. The molecule has 0 saturated carbocycles. The van der Waals surface area contributed by atoms with Crippen LogP contribution in [-0.4, -0.2) is 20.3 Å². The smallest absolute Gasteiger partial charge is 0.223 e. The number of rotatable bonds is 0. The van der Waals surface area contributed by atoms with Crippen molar-refractivity contribution in [3.8, 4) is 0 Å². The Morgan fingerprint density at radius 3 is 1.20 bits per heavy atom. The van der Waals surface area contributed by atoms with E-state index in [0.29, 0.717) is 0 Å². The molecular weight excluding hydrogens is 212 g/mol. The van der Waals surface area contributed by atoms with Gasteiger partial charge in [-0.2, -0.15) is 0 Å². The van der Waals surface area contributed by atoms with Gasteiger partial charge < -0.3 is 0 Å². The van der Waals surface area contributed by atoms with Crippen LogP contribution in [-0.2, 0) is 19.1 Å². The standard InChI is InChI=1S/C11H20O3S/c1-10(2,3)8(12)15(7,14)9(13)11(4,5)6/h7H2,1-6H3. The van der Waals surface area contributed by atoms with E-state index in [9.17, 15) is 13.8 Å². The molecule has 0 aliphatic carbocycles. The lowest BCUT2D eigenvalue weighted by atomic mass is 9.99. The van der Waals surface area contributed by atoms with Crippen molar-refractivity contribution in [2.45, 2.75) is 41.5 Å². The fraction of sp³-hybridized carbons (Fsp3) is 0.727. The molecule has 0 aliphatic rings. The Balaban J connectivity index is 5.40. The summed E-state index contributed by atoms with van der Waals surface area (Å²) in [5.41, 5.74) is -1.61. The molecule has 0 radical (unpaired) electrons. The van der Waals surface area contributed by atoms with Crippen LogP contribution in [0.4, 0.5) is 0 Å². The Kier molecular flexibility index (Phi) is 3.58. The molecule has 0 heterocycles. The highest BCUT2D eigenvalue weighted by Gasteiger charge is 2.38. The summed E-state index contributed by atoms with van der Waals surface area (Å²) in [5.74, 6) is 3.33. The van der Waals surface area contributed by atoms with Gasteiger partial charge >= 0.3 is 0 Å². The summed E-state index contributed by atoms with van der Waals surface area (Å²) < 4.78 is 12.1. The first-order valence-corrected chi connectivity index (χ1v) is 6.50. The molecule has 0 aliphatic heterocycles. The topological polar surface area (TPSA) is 51.2 Å². The van der Waals surface area contributed by atoms with E-state index >= 15 is 0 Å². The Morgan fingerprint density at radius 2 is 1.07 bits per heavy atom. The molecule has 0 saturated heterocycles. The van der Waals surface area contributed by atoms with Crippen molar-refractivity contribution in [3.05, 3.63) is 0 Å². The highest BCUT2D eigenvalue weighted by Crippen LogP contribution is 2.25. The van der Waals surface area contributed by atoms with E-state index in [1.54, 1.807) is 41.5 Å². The zero-order valence-corrected chi connectivity index (χ0v) is 11.2. The lowest BCUT2D eigenvalue weighted by Crippen LogP contribution is -2.38. The van der Waals surface area contributed by atoms with Crippen LogP contribution in [0.5, 0.6) is 0 Å². The van der Waals surface area contributed by atoms with E-state index < -0.39 is 30.6 Å². The third-order valence-corrected chi connectivity index (χ3v) is 4.25. The van der Waals surface area contributed by atoms with E-state index in [1.807, 2.05) is 0 Å². The Hall–Kier alpha value is -0.640. The predicted molar refractivity (Wildman–Crippen MR) is 64.2 cm³/mol. The quantitative estimate of drug-likeness (QED) is 0.599. The zero-order valence-electron chi connectivity index (χ0n) is 10.3. The van der Waals surface area contributed by atoms with Gasteiger partial charge in [0, 0.05) is 10.8 Å². The minimum atomic E-state index is -3.33. The number of hydrogen-bond donors (Lipinski definition) is 0. The molecule has 0 bridgehead atoms. The van der Waals surface area contributed by atoms with Gasteiger partial charge in [0.25, 0.3) is 0 Å². The molecule has 0 N–H and O–H groups in total. The Bertz CT molecular complexity index is 343. The molecule has 0 rings (SSSR count). The molecular formula is C11H20O3S. The Labute approximate surface area is 92.3 Å². The van der Waals surface area contributed by atoms with Crippen LogP contribution >= 0.6 is 0 Å². The van der Waals surface area contributed by atoms with Crippen molar-refractivity contribution in [2.75, 3.05) is 0 Å². The second kappa shape index (κ2) is 3.74. The summed E-state index contributed by atoms with van der Waals surface area (Å²) in [5, 5.41) is -1.15. The van der Waals surface area contributed by atoms with Crippen LogP contribution in [0, 0.1) is 10.8 Å². The monoisotopic (exact) mass is 232 g/mol. The minimum Gasteiger partial charge on any atom is -0.284 e. The first-order chi connectivity index (χ1) is 6.31. The molecule has 0 spiro atoms. The number of carbonyl (C=O) groups is 2. The van der Waals surface area contributed by atoms with Crippen molar-refractivity contribution < 1.29 is 13.8 Å². The molecule has 0 aromatic rings. The Morgan fingerprint density at radius 1 is 0.867 bits per heavy atom. The minimum absolute atomic E-state index is 0.574. The van der Waals surface area contributed by atoms with Crippen LogP contribution in [0.2, 0.25) is 0 Å². The van der Waals surface area contributed by atoms with Crippen LogP contribution in [0.15, 0.2) is 0 Å². The van der Waals surface area contributed by atoms with Crippen molar-refractivity contribution in [1.29, 1.82) is 0 Å². The summed E-state index contributed by atoms with van der Waals surface area (Å²) in [6, 6.07) is 0. The summed E-state index contributed by atoms with van der Waals surface area (Å²) >= 11 is 0. The zero-order chi connectivity index (χ0) is 12.7. The van der Waals surface area contributed by atoms with E-state index in [4.69, 9.17) is 0 Å². The van der Waals surface area contributed by atoms with Gasteiger partial charge in [0.05, 0.1) is 9.52 Å². The highest BCUT2D eigenvalue weighted by atomic mass is 32.2. The highest BCUT2D eigenvalue weighted by molar-refractivity contribution is 8.25. The second-order valence-electron chi connectivity index (χ2n) is 5.75. The molecule has 0 atom stereocenters. The lowest BCUT2D eigenvalue weighted by molar-refractivity contribution is -0.120. The molecule has 3 nitrogen and oxygen atoms in total. The fourth-order valence-corrected chi connectivity index (χ4v) is 3.22. The first kappa shape index (κ1) is 14.4. The molecule has 88 valence electrons. The second-order valence-corrected chi connectivity index (χ2v) is 7.84. The van der Waals surface area contributed by atoms with Crippen LogP contribution in [0.25, 0.3) is 0 Å². The SMILES string of the molecule is C=S(=O)(C(=O)C(C)(C)C)C(=O)C(C)(C)C. The largest absolute Gasteiger partial charge is 0.284 e. The molecule has 0 aromatic carbocycles. The van der Waals surface area contributed by atoms with Crippen LogP contribution in [0.3, 0.4) is 0 Å². The van der Waals surface area contributed by atoms with Crippen molar-refractivity contribution in [1.82, 2.24) is 0 Å². The van der Waals surface area contributed by atoms with Gasteiger partial charge in [0.2, 0.25) is 10.2 Å². The predicted octanol–water partition coefficient (Wildman–Crippen LogP) is 1.85. The third kappa shape index (κ3) is 3.16. The number of carbonyl (C=O) groups excluding carboxylic acids is 2. The maximum Gasteiger partial charge on any atom is 0.223 e. The summed E-state index contributed by atoms with van der Waals surface area (Å²) in [6.07, 6.45) is 0. The summed E-state index contributed by atoms with van der Waals surface area (Å²) in [7, 11) is -3.33. The van der Waals surface area contributed by atoms with E-state index in [0.717, 1.165) is 0 Å². The first-order valence-electron chi connectivity index (χ1n) is 4.77. The molecule has 0 fully saturated rings. The van der Waals surface area contributed by atoms with Crippen LogP contribution < -0.4 is 0 Å². The third-order valence-electron chi connectivity index (χ3n) is 1.82. The normalized spacial score (nSPS) is 13.7.